The zero-order chi connectivity index (χ0) is 9.80. The van der Waals surface area contributed by atoms with Crippen LogP contribution >= 0.6 is 11.6 Å². The van der Waals surface area contributed by atoms with Gasteiger partial charge in [-0.1, -0.05) is 0 Å². The molecule has 0 spiro atoms. The number of anilines is 1. The van der Waals surface area contributed by atoms with Crippen molar-refractivity contribution in [1.82, 2.24) is 9.97 Å². The molecule has 0 unspecified atom stereocenters. The van der Waals surface area contributed by atoms with Crippen LogP contribution in [-0.2, 0) is 4.74 Å². The Bertz CT molecular complexity index is 302. The van der Waals surface area contributed by atoms with Crippen LogP contribution in [0.25, 0.3) is 0 Å². The van der Waals surface area contributed by atoms with Crippen LogP contribution in [0.15, 0.2) is 12.3 Å². The molecule has 1 N–H and O–H groups in total. The standard InChI is InChI=1S/C9H12ClN3O/c10-9-11-4-1-8(13-9)12-7-2-5-14-6-3-7/h1,4,7H,2-3,5-6H2,(H,11,12,13). The smallest absolute Gasteiger partial charge is 0.224 e. The van der Waals surface area contributed by atoms with Crippen molar-refractivity contribution in [2.24, 2.45) is 0 Å². The lowest BCUT2D eigenvalue weighted by atomic mass is 10.1. The average Bonchev–Trinajstić information content (AvgIpc) is 2.19. The molecule has 1 aliphatic heterocycles. The van der Waals surface area contributed by atoms with Gasteiger partial charge in [0.25, 0.3) is 0 Å². The van der Waals surface area contributed by atoms with Crippen LogP contribution in [-0.4, -0.2) is 29.2 Å². The number of halogens is 1. The van der Waals surface area contributed by atoms with Crippen molar-refractivity contribution >= 4 is 17.4 Å². The SMILES string of the molecule is Clc1nccc(NC2CCOCC2)n1. The minimum Gasteiger partial charge on any atom is -0.381 e. The lowest BCUT2D eigenvalue weighted by Gasteiger charge is -2.23. The highest BCUT2D eigenvalue weighted by Crippen LogP contribution is 2.13. The Balaban J connectivity index is 1.95. The third-order valence-electron chi connectivity index (χ3n) is 2.20. The predicted molar refractivity (Wildman–Crippen MR) is 54.5 cm³/mol. The molecule has 14 heavy (non-hydrogen) atoms. The number of rotatable bonds is 2. The number of hydrogen-bond acceptors (Lipinski definition) is 4. The molecule has 0 atom stereocenters. The molecule has 1 aromatic rings. The van der Waals surface area contributed by atoms with E-state index in [4.69, 9.17) is 16.3 Å². The summed E-state index contributed by atoms with van der Waals surface area (Å²) in [4.78, 5) is 7.89. The van der Waals surface area contributed by atoms with E-state index in [9.17, 15) is 0 Å². The Morgan fingerprint density at radius 2 is 2.21 bits per heavy atom. The molecule has 1 saturated heterocycles. The molecule has 0 aromatic carbocycles. The van der Waals surface area contributed by atoms with Gasteiger partial charge in [0.1, 0.15) is 5.82 Å². The monoisotopic (exact) mass is 213 g/mol. The average molecular weight is 214 g/mol. The second kappa shape index (κ2) is 4.57. The van der Waals surface area contributed by atoms with Crippen molar-refractivity contribution in [2.45, 2.75) is 18.9 Å². The maximum absolute atomic E-state index is 5.68. The first-order chi connectivity index (χ1) is 6.84. The molecule has 76 valence electrons. The van der Waals surface area contributed by atoms with Gasteiger partial charge in [-0.15, -0.1) is 0 Å². The van der Waals surface area contributed by atoms with Gasteiger partial charge in [-0.25, -0.2) is 9.97 Å². The summed E-state index contributed by atoms with van der Waals surface area (Å²) in [5.41, 5.74) is 0. The summed E-state index contributed by atoms with van der Waals surface area (Å²) in [7, 11) is 0. The molecule has 0 amide bonds. The summed E-state index contributed by atoms with van der Waals surface area (Å²) in [6.07, 6.45) is 3.68. The fourth-order valence-corrected chi connectivity index (χ4v) is 1.61. The van der Waals surface area contributed by atoms with Gasteiger partial charge in [0, 0.05) is 25.5 Å². The third kappa shape index (κ3) is 2.56. The van der Waals surface area contributed by atoms with Crippen LogP contribution in [0.5, 0.6) is 0 Å². The molecule has 5 heteroatoms. The van der Waals surface area contributed by atoms with E-state index in [-0.39, 0.29) is 5.28 Å². The Morgan fingerprint density at radius 1 is 1.43 bits per heavy atom. The molecule has 0 radical (unpaired) electrons. The first-order valence-electron chi connectivity index (χ1n) is 4.67. The minimum atomic E-state index is 0.280. The Labute approximate surface area is 87.7 Å². The highest BCUT2D eigenvalue weighted by atomic mass is 35.5. The van der Waals surface area contributed by atoms with Crippen LogP contribution in [0.4, 0.5) is 5.82 Å². The fraction of sp³-hybridized carbons (Fsp3) is 0.556. The van der Waals surface area contributed by atoms with E-state index in [1.54, 1.807) is 6.20 Å². The van der Waals surface area contributed by atoms with E-state index in [2.05, 4.69) is 15.3 Å². The van der Waals surface area contributed by atoms with E-state index in [0.717, 1.165) is 31.9 Å². The van der Waals surface area contributed by atoms with Crippen LogP contribution < -0.4 is 5.32 Å². The summed E-state index contributed by atoms with van der Waals surface area (Å²) in [5.74, 6) is 0.789. The van der Waals surface area contributed by atoms with Gasteiger partial charge in [-0.3, -0.25) is 0 Å². The second-order valence-corrected chi connectivity index (χ2v) is 3.58. The van der Waals surface area contributed by atoms with Crippen molar-refractivity contribution in [3.63, 3.8) is 0 Å². The normalized spacial score (nSPS) is 18.1. The maximum Gasteiger partial charge on any atom is 0.224 e. The molecule has 1 fully saturated rings. The predicted octanol–water partition coefficient (Wildman–Crippen LogP) is 1.72. The van der Waals surface area contributed by atoms with Crippen LogP contribution in [0.1, 0.15) is 12.8 Å². The fourth-order valence-electron chi connectivity index (χ4n) is 1.47. The molecular formula is C9H12ClN3O. The van der Waals surface area contributed by atoms with Gasteiger partial charge in [-0.2, -0.15) is 0 Å². The largest absolute Gasteiger partial charge is 0.381 e. The summed E-state index contributed by atoms with van der Waals surface area (Å²) in [6.45, 7) is 1.63. The van der Waals surface area contributed by atoms with Crippen LogP contribution in [0, 0.1) is 0 Å². The molecule has 1 aliphatic rings. The van der Waals surface area contributed by atoms with E-state index >= 15 is 0 Å². The quantitative estimate of drug-likeness (QED) is 0.760. The minimum absolute atomic E-state index is 0.280. The molecule has 0 saturated carbocycles. The van der Waals surface area contributed by atoms with E-state index in [0.29, 0.717) is 6.04 Å². The van der Waals surface area contributed by atoms with Crippen molar-refractivity contribution in [2.75, 3.05) is 18.5 Å². The van der Waals surface area contributed by atoms with Crippen LogP contribution in [0.3, 0.4) is 0 Å². The highest BCUT2D eigenvalue weighted by molar-refractivity contribution is 6.28. The van der Waals surface area contributed by atoms with E-state index in [1.807, 2.05) is 6.07 Å². The number of nitrogens with zero attached hydrogens (tertiary/aromatic N) is 2. The topological polar surface area (TPSA) is 47.0 Å². The molecular weight excluding hydrogens is 202 g/mol. The number of hydrogen-bond donors (Lipinski definition) is 1. The zero-order valence-corrected chi connectivity index (χ0v) is 8.50. The van der Waals surface area contributed by atoms with Gasteiger partial charge in [-0.05, 0) is 30.5 Å². The highest BCUT2D eigenvalue weighted by Gasteiger charge is 2.13. The number of ether oxygens (including phenoxy) is 1. The summed E-state index contributed by atoms with van der Waals surface area (Å²) < 4.78 is 5.26. The third-order valence-corrected chi connectivity index (χ3v) is 2.38. The van der Waals surface area contributed by atoms with Gasteiger partial charge >= 0.3 is 0 Å². The molecule has 1 aromatic heterocycles. The van der Waals surface area contributed by atoms with Gasteiger partial charge in [0.05, 0.1) is 0 Å². The van der Waals surface area contributed by atoms with Crippen molar-refractivity contribution < 1.29 is 4.74 Å². The van der Waals surface area contributed by atoms with Crippen LogP contribution in [0.2, 0.25) is 5.28 Å². The molecule has 2 heterocycles. The lowest BCUT2D eigenvalue weighted by Crippen LogP contribution is -2.28. The van der Waals surface area contributed by atoms with Gasteiger partial charge in [0.15, 0.2) is 0 Å². The summed E-state index contributed by atoms with van der Waals surface area (Å²) in [6, 6.07) is 2.26. The second-order valence-electron chi connectivity index (χ2n) is 3.24. The van der Waals surface area contributed by atoms with Crippen molar-refractivity contribution in [3.8, 4) is 0 Å². The van der Waals surface area contributed by atoms with Crippen molar-refractivity contribution in [3.05, 3.63) is 17.5 Å². The molecule has 0 aliphatic carbocycles. The maximum atomic E-state index is 5.68. The molecule has 4 nitrogen and oxygen atoms in total. The van der Waals surface area contributed by atoms with E-state index in [1.165, 1.54) is 0 Å². The Kier molecular flexibility index (Phi) is 3.16. The van der Waals surface area contributed by atoms with E-state index < -0.39 is 0 Å². The van der Waals surface area contributed by atoms with Crippen molar-refractivity contribution in [1.29, 1.82) is 0 Å². The lowest BCUT2D eigenvalue weighted by molar-refractivity contribution is 0.0904. The molecule has 0 bridgehead atoms. The number of aromatic nitrogens is 2. The molecule has 2 rings (SSSR count). The van der Waals surface area contributed by atoms with Gasteiger partial charge < -0.3 is 10.1 Å². The first kappa shape index (κ1) is 9.68. The first-order valence-corrected chi connectivity index (χ1v) is 5.05. The number of nitrogens with one attached hydrogen (secondary N) is 1. The van der Waals surface area contributed by atoms with Gasteiger partial charge in [0.2, 0.25) is 5.28 Å². The zero-order valence-electron chi connectivity index (χ0n) is 7.74. The summed E-state index contributed by atoms with van der Waals surface area (Å²) >= 11 is 5.68. The Hall–Kier alpha value is -0.870. The Morgan fingerprint density at radius 3 is 2.93 bits per heavy atom. The summed E-state index contributed by atoms with van der Waals surface area (Å²) in [5, 5.41) is 3.59.